The number of hydrogen-bond acceptors (Lipinski definition) is 3. The highest BCUT2D eigenvalue weighted by atomic mass is 79.9. The van der Waals surface area contributed by atoms with E-state index in [1.807, 2.05) is 36.4 Å². The zero-order valence-electron chi connectivity index (χ0n) is 16.8. The summed E-state index contributed by atoms with van der Waals surface area (Å²) in [6, 6.07) is 15.9. The van der Waals surface area contributed by atoms with E-state index in [9.17, 15) is 9.59 Å². The van der Waals surface area contributed by atoms with Crippen molar-refractivity contribution >= 4 is 55.5 Å². The van der Waals surface area contributed by atoms with Crippen molar-refractivity contribution in [1.82, 2.24) is 5.01 Å². The fourth-order valence-corrected chi connectivity index (χ4v) is 4.82. The van der Waals surface area contributed by atoms with Gasteiger partial charge in [0.05, 0.1) is 18.2 Å². The number of benzene rings is 2. The van der Waals surface area contributed by atoms with Crippen molar-refractivity contribution in [2.45, 2.75) is 38.1 Å². The third-order valence-corrected chi connectivity index (χ3v) is 6.79. The highest BCUT2D eigenvalue weighted by molar-refractivity contribution is 9.10. The van der Waals surface area contributed by atoms with Crippen LogP contribution in [0.15, 0.2) is 68.2 Å². The van der Waals surface area contributed by atoms with Crippen LogP contribution in [0.5, 0.6) is 0 Å². The molecule has 0 bridgehead atoms. The Hall–Kier alpha value is -2.25. The summed E-state index contributed by atoms with van der Waals surface area (Å²) in [5.41, 5.74) is 4.21. The lowest BCUT2D eigenvalue weighted by atomic mass is 9.77. The second kappa shape index (κ2) is 9.49. The second-order valence-corrected chi connectivity index (χ2v) is 9.66. The minimum Gasteiger partial charge on any atom is -0.481 e. The van der Waals surface area contributed by atoms with E-state index in [-0.39, 0.29) is 30.7 Å². The molecule has 1 fully saturated rings. The van der Waals surface area contributed by atoms with E-state index in [1.165, 1.54) is 5.01 Å². The number of fused-ring (bicyclic) bond motifs is 1. The number of rotatable bonds is 5. The number of allylic oxidation sites excluding steroid dienone is 1. The Balaban J connectivity index is 1.70. The number of carboxylic acid groups (broad SMARTS) is 1. The van der Waals surface area contributed by atoms with E-state index >= 15 is 0 Å². The fourth-order valence-electron chi connectivity index (χ4n) is 4.29. The number of amides is 1. The summed E-state index contributed by atoms with van der Waals surface area (Å²) in [4.78, 5) is 24.0. The molecular formula is C24H22Br2N2O3. The molecule has 1 saturated carbocycles. The van der Waals surface area contributed by atoms with Gasteiger partial charge in [-0.1, -0.05) is 56.1 Å². The number of hydrazone groups is 1. The van der Waals surface area contributed by atoms with Crippen molar-refractivity contribution in [2.75, 3.05) is 0 Å². The topological polar surface area (TPSA) is 70.0 Å². The first-order valence-corrected chi connectivity index (χ1v) is 11.9. The van der Waals surface area contributed by atoms with Gasteiger partial charge in [-0.25, -0.2) is 5.01 Å². The van der Waals surface area contributed by atoms with Gasteiger partial charge in [0.25, 0.3) is 0 Å². The lowest BCUT2D eigenvalue weighted by Gasteiger charge is -2.29. The summed E-state index contributed by atoms with van der Waals surface area (Å²) in [5, 5.41) is 15.3. The quantitative estimate of drug-likeness (QED) is 0.486. The molecular weight excluding hydrogens is 524 g/mol. The highest BCUT2D eigenvalue weighted by Crippen LogP contribution is 2.44. The summed E-state index contributed by atoms with van der Waals surface area (Å²) in [7, 11) is 0. The molecule has 4 rings (SSSR count). The standard InChI is InChI=1S/C24H22Br2N2O3/c25-18-8-4-15(5-9-18)14-17-2-1-3-20-23(17)27-28(21(29)12-13-22(30)31)24(20)16-6-10-19(26)11-7-16/h4-11,14,20,24H,1-3,12-13H2,(H,30,31)/b17-14-/t20-,24+/m1/s1. The van der Waals surface area contributed by atoms with Gasteiger partial charge in [0.15, 0.2) is 0 Å². The molecule has 5 nitrogen and oxygen atoms in total. The van der Waals surface area contributed by atoms with Crippen LogP contribution in [0, 0.1) is 5.92 Å². The largest absolute Gasteiger partial charge is 0.481 e. The molecule has 1 aliphatic carbocycles. The van der Waals surface area contributed by atoms with E-state index in [4.69, 9.17) is 10.2 Å². The van der Waals surface area contributed by atoms with Gasteiger partial charge in [-0.2, -0.15) is 5.10 Å². The molecule has 0 spiro atoms. The average molecular weight is 546 g/mol. The minimum atomic E-state index is -0.978. The smallest absolute Gasteiger partial charge is 0.303 e. The van der Waals surface area contributed by atoms with Crippen LogP contribution in [-0.4, -0.2) is 27.7 Å². The molecule has 1 aliphatic heterocycles. The Morgan fingerprint density at radius 1 is 1.03 bits per heavy atom. The third-order valence-electron chi connectivity index (χ3n) is 5.73. The van der Waals surface area contributed by atoms with Crippen LogP contribution >= 0.6 is 31.9 Å². The molecule has 2 aliphatic rings. The van der Waals surface area contributed by atoms with E-state index in [0.29, 0.717) is 0 Å². The van der Waals surface area contributed by atoms with Gasteiger partial charge >= 0.3 is 5.97 Å². The SMILES string of the molecule is O=C(O)CCC(=O)N1N=C2/C(=C\c3ccc(Br)cc3)CCC[C@H]2[C@@H]1c1ccc(Br)cc1. The molecule has 7 heteroatoms. The molecule has 0 aromatic heterocycles. The van der Waals surface area contributed by atoms with Crippen LogP contribution in [0.1, 0.15) is 49.3 Å². The predicted octanol–water partition coefficient (Wildman–Crippen LogP) is 6.20. The molecule has 0 radical (unpaired) electrons. The first-order valence-electron chi connectivity index (χ1n) is 10.3. The number of halogens is 2. The highest BCUT2D eigenvalue weighted by Gasteiger charge is 2.43. The maximum atomic E-state index is 13.0. The predicted molar refractivity (Wildman–Crippen MR) is 127 cm³/mol. The summed E-state index contributed by atoms with van der Waals surface area (Å²) < 4.78 is 2.00. The summed E-state index contributed by atoms with van der Waals surface area (Å²) in [5.74, 6) is -1.13. The van der Waals surface area contributed by atoms with Crippen molar-refractivity contribution in [3.8, 4) is 0 Å². The molecule has 0 saturated heterocycles. The normalized spacial score (nSPS) is 21.7. The van der Waals surface area contributed by atoms with Crippen molar-refractivity contribution < 1.29 is 14.7 Å². The lowest BCUT2D eigenvalue weighted by Crippen LogP contribution is -2.32. The molecule has 0 unspecified atom stereocenters. The van der Waals surface area contributed by atoms with Gasteiger partial charge in [-0.15, -0.1) is 0 Å². The molecule has 1 N–H and O–H groups in total. The van der Waals surface area contributed by atoms with E-state index in [0.717, 1.165) is 50.6 Å². The Labute approximate surface area is 198 Å². The van der Waals surface area contributed by atoms with Crippen molar-refractivity contribution in [3.63, 3.8) is 0 Å². The number of carboxylic acids is 1. The van der Waals surface area contributed by atoms with Crippen LogP contribution in [0.2, 0.25) is 0 Å². The minimum absolute atomic E-state index is 0.0579. The van der Waals surface area contributed by atoms with E-state index < -0.39 is 5.97 Å². The zero-order chi connectivity index (χ0) is 22.0. The number of hydrogen-bond donors (Lipinski definition) is 1. The van der Waals surface area contributed by atoms with Gasteiger partial charge in [0, 0.05) is 21.3 Å². The Kier molecular flexibility index (Phi) is 6.72. The van der Waals surface area contributed by atoms with Gasteiger partial charge in [0.1, 0.15) is 0 Å². The maximum Gasteiger partial charge on any atom is 0.303 e. The van der Waals surface area contributed by atoms with Crippen LogP contribution in [-0.2, 0) is 9.59 Å². The fraction of sp³-hybridized carbons (Fsp3) is 0.292. The number of carbonyl (C=O) groups is 2. The molecule has 31 heavy (non-hydrogen) atoms. The van der Waals surface area contributed by atoms with Crippen LogP contribution in [0.3, 0.4) is 0 Å². The number of nitrogens with zero attached hydrogens (tertiary/aromatic N) is 2. The van der Waals surface area contributed by atoms with E-state index in [1.54, 1.807) is 0 Å². The summed E-state index contributed by atoms with van der Waals surface area (Å²) >= 11 is 6.94. The lowest BCUT2D eigenvalue weighted by molar-refractivity contribution is -0.141. The monoisotopic (exact) mass is 544 g/mol. The first-order chi connectivity index (χ1) is 14.9. The Morgan fingerprint density at radius 2 is 1.68 bits per heavy atom. The van der Waals surface area contributed by atoms with Crippen LogP contribution < -0.4 is 0 Å². The molecule has 2 aromatic carbocycles. The van der Waals surface area contributed by atoms with Crippen LogP contribution in [0.25, 0.3) is 6.08 Å². The van der Waals surface area contributed by atoms with Gasteiger partial charge in [0.2, 0.25) is 5.91 Å². The van der Waals surface area contributed by atoms with Crippen LogP contribution in [0.4, 0.5) is 0 Å². The van der Waals surface area contributed by atoms with Crippen molar-refractivity contribution in [3.05, 3.63) is 74.2 Å². The molecule has 1 heterocycles. The molecule has 160 valence electrons. The molecule has 2 atom stereocenters. The Morgan fingerprint density at radius 3 is 2.32 bits per heavy atom. The van der Waals surface area contributed by atoms with E-state index in [2.05, 4.69) is 50.1 Å². The zero-order valence-corrected chi connectivity index (χ0v) is 20.0. The first kappa shape index (κ1) is 22.0. The van der Waals surface area contributed by atoms with Crippen molar-refractivity contribution in [1.29, 1.82) is 0 Å². The van der Waals surface area contributed by atoms with Gasteiger partial charge in [-0.3, -0.25) is 9.59 Å². The maximum absolute atomic E-state index is 13.0. The third kappa shape index (κ3) is 4.99. The number of aliphatic carboxylic acids is 1. The summed E-state index contributed by atoms with van der Waals surface area (Å²) in [6.45, 7) is 0. The summed E-state index contributed by atoms with van der Waals surface area (Å²) in [6.07, 6.45) is 4.78. The Bertz CT molecular complexity index is 1050. The average Bonchev–Trinajstić information content (AvgIpc) is 3.15. The van der Waals surface area contributed by atoms with Crippen molar-refractivity contribution in [2.24, 2.45) is 11.0 Å². The van der Waals surface area contributed by atoms with Gasteiger partial charge in [-0.05, 0) is 66.3 Å². The second-order valence-electron chi connectivity index (χ2n) is 7.83. The number of carbonyl (C=O) groups excluding carboxylic acids is 1. The molecule has 2 aromatic rings. The van der Waals surface area contributed by atoms with Gasteiger partial charge < -0.3 is 5.11 Å². The molecule has 1 amide bonds.